The molecule has 0 aliphatic carbocycles. The van der Waals surface area contributed by atoms with E-state index in [1.807, 2.05) is 30.5 Å². The topological polar surface area (TPSA) is 124 Å². The van der Waals surface area contributed by atoms with Crippen LogP contribution in [0.1, 0.15) is 38.6 Å². The lowest BCUT2D eigenvalue weighted by Gasteiger charge is -2.09. The molecule has 0 atom stereocenters. The Bertz CT molecular complexity index is 1070. The monoisotopic (exact) mass is 344 g/mol. The Balaban J connectivity index is 2.12. The number of nitrogens with two attached hydrogens (primary N) is 1. The number of hydrogen-bond donors (Lipinski definition) is 2. The van der Waals surface area contributed by atoms with E-state index in [0.717, 1.165) is 22.5 Å². The number of carbonyl (C=O) groups is 1. The van der Waals surface area contributed by atoms with Crippen molar-refractivity contribution in [3.63, 3.8) is 0 Å². The number of nitrogens with zero attached hydrogens (tertiary/aromatic N) is 4. The molecule has 7 heteroatoms. The molecular formula is C19H16N6O. The summed E-state index contributed by atoms with van der Waals surface area (Å²) in [6.07, 6.45) is 1.63. The first-order valence-corrected chi connectivity index (χ1v) is 7.90. The predicted octanol–water partition coefficient (Wildman–Crippen LogP) is 2.39. The van der Waals surface area contributed by atoms with Crippen LogP contribution in [0, 0.1) is 36.5 Å². The van der Waals surface area contributed by atoms with E-state index in [1.54, 1.807) is 18.3 Å². The van der Waals surface area contributed by atoms with Crippen LogP contribution in [0.4, 0.5) is 0 Å². The summed E-state index contributed by atoms with van der Waals surface area (Å²) >= 11 is 0. The number of rotatable bonds is 4. The molecule has 0 bridgehead atoms. The van der Waals surface area contributed by atoms with Gasteiger partial charge in [-0.1, -0.05) is 12.1 Å². The number of H-pyrrole nitrogens is 1. The molecule has 2 heterocycles. The molecule has 3 N–H and O–H groups in total. The molecule has 1 aromatic carbocycles. The number of benzene rings is 1. The van der Waals surface area contributed by atoms with Crippen molar-refractivity contribution in [2.24, 2.45) is 5.73 Å². The van der Waals surface area contributed by atoms with Gasteiger partial charge in [0.15, 0.2) is 5.69 Å². The Labute approximate surface area is 150 Å². The van der Waals surface area contributed by atoms with Crippen LogP contribution < -0.4 is 5.73 Å². The third-order valence-corrected chi connectivity index (χ3v) is 4.48. The molecule has 0 aliphatic heterocycles. The maximum Gasteiger partial charge on any atom is 0.269 e. The van der Waals surface area contributed by atoms with Crippen LogP contribution in [0.2, 0.25) is 0 Å². The molecular weight excluding hydrogens is 328 g/mol. The second kappa shape index (κ2) is 6.58. The number of nitrogens with one attached hydrogen (secondary N) is 1. The molecule has 7 nitrogen and oxygen atoms in total. The van der Waals surface area contributed by atoms with Gasteiger partial charge in [0.2, 0.25) is 0 Å². The fourth-order valence-corrected chi connectivity index (χ4v) is 3.14. The first-order valence-electron chi connectivity index (χ1n) is 7.90. The van der Waals surface area contributed by atoms with Crippen LogP contribution in [-0.4, -0.2) is 20.7 Å². The summed E-state index contributed by atoms with van der Waals surface area (Å²) in [7, 11) is 0. The number of primary amides is 1. The summed E-state index contributed by atoms with van der Waals surface area (Å²) in [4.78, 5) is 11.5. The van der Waals surface area contributed by atoms with Gasteiger partial charge >= 0.3 is 0 Å². The lowest BCUT2D eigenvalue weighted by atomic mass is 10.0. The minimum atomic E-state index is -0.600. The summed E-state index contributed by atoms with van der Waals surface area (Å²) in [5.74, 6) is -0.600. The number of aromatic nitrogens is 3. The molecule has 0 aliphatic rings. The lowest BCUT2D eigenvalue weighted by molar-refractivity contribution is 0.0994. The van der Waals surface area contributed by atoms with Gasteiger partial charge in [0.25, 0.3) is 5.91 Å². The van der Waals surface area contributed by atoms with Crippen molar-refractivity contribution < 1.29 is 4.79 Å². The average molecular weight is 344 g/mol. The molecule has 0 spiro atoms. The standard InChI is InChI=1S/C19H16N6O/c1-11-16(8-21)17(14-5-3-13(7-20)4-6-14)12(2)25(11)10-15-9-23-24-18(15)19(22)26/h3-6,9H,10H2,1-2H3,(H2,22,26)(H,23,24). The molecule has 0 radical (unpaired) electrons. The molecule has 2 aromatic heterocycles. The van der Waals surface area contributed by atoms with Gasteiger partial charge in [-0.05, 0) is 31.5 Å². The van der Waals surface area contributed by atoms with Gasteiger partial charge < -0.3 is 10.3 Å². The van der Waals surface area contributed by atoms with Crippen LogP contribution in [-0.2, 0) is 6.54 Å². The molecule has 3 aromatic rings. The molecule has 0 saturated carbocycles. The number of nitriles is 2. The maximum absolute atomic E-state index is 11.5. The van der Waals surface area contributed by atoms with Gasteiger partial charge in [0.05, 0.1) is 23.7 Å². The first-order chi connectivity index (χ1) is 12.5. The maximum atomic E-state index is 11.5. The van der Waals surface area contributed by atoms with Crippen LogP contribution >= 0.6 is 0 Å². The highest BCUT2D eigenvalue weighted by Gasteiger charge is 2.21. The van der Waals surface area contributed by atoms with Crippen LogP contribution in [0.15, 0.2) is 30.5 Å². The highest BCUT2D eigenvalue weighted by Crippen LogP contribution is 2.32. The zero-order valence-corrected chi connectivity index (χ0v) is 14.4. The average Bonchev–Trinajstić information content (AvgIpc) is 3.20. The van der Waals surface area contributed by atoms with Gasteiger partial charge in [0.1, 0.15) is 6.07 Å². The molecule has 0 fully saturated rings. The molecule has 3 rings (SSSR count). The predicted molar refractivity (Wildman–Crippen MR) is 95.0 cm³/mol. The van der Waals surface area contributed by atoms with Crippen LogP contribution in [0.5, 0.6) is 0 Å². The summed E-state index contributed by atoms with van der Waals surface area (Å²) in [5.41, 5.74) is 10.7. The Kier molecular flexibility index (Phi) is 4.30. The fourth-order valence-electron chi connectivity index (χ4n) is 3.14. The van der Waals surface area contributed by atoms with Crippen molar-refractivity contribution in [1.82, 2.24) is 14.8 Å². The van der Waals surface area contributed by atoms with E-state index in [9.17, 15) is 10.1 Å². The highest BCUT2D eigenvalue weighted by atomic mass is 16.1. The summed E-state index contributed by atoms with van der Waals surface area (Å²) in [6, 6.07) is 11.5. The van der Waals surface area contributed by atoms with E-state index in [4.69, 9.17) is 11.0 Å². The van der Waals surface area contributed by atoms with Crippen molar-refractivity contribution in [3.8, 4) is 23.3 Å². The minimum Gasteiger partial charge on any atom is -0.364 e. The number of amides is 1. The molecule has 128 valence electrons. The third kappa shape index (κ3) is 2.72. The third-order valence-electron chi connectivity index (χ3n) is 4.48. The summed E-state index contributed by atoms with van der Waals surface area (Å²) in [6.45, 7) is 4.16. The van der Waals surface area contributed by atoms with E-state index in [1.165, 1.54) is 0 Å². The molecule has 1 amide bonds. The van der Waals surface area contributed by atoms with E-state index in [2.05, 4.69) is 22.3 Å². The van der Waals surface area contributed by atoms with E-state index < -0.39 is 5.91 Å². The number of hydrogen-bond acceptors (Lipinski definition) is 4. The Morgan fingerprint density at radius 1 is 1.19 bits per heavy atom. The SMILES string of the molecule is Cc1c(C#N)c(-c2ccc(C#N)cc2)c(C)n1Cc1c[nH]nc1C(N)=O. The Hall–Kier alpha value is -3.84. The van der Waals surface area contributed by atoms with Gasteiger partial charge in [0, 0.05) is 28.7 Å². The van der Waals surface area contributed by atoms with Crippen molar-refractivity contribution in [3.05, 3.63) is 64.2 Å². The van der Waals surface area contributed by atoms with Crippen molar-refractivity contribution in [2.45, 2.75) is 20.4 Å². The largest absolute Gasteiger partial charge is 0.364 e. The normalized spacial score (nSPS) is 10.3. The highest BCUT2D eigenvalue weighted by molar-refractivity contribution is 5.92. The summed E-state index contributed by atoms with van der Waals surface area (Å²) < 4.78 is 1.96. The van der Waals surface area contributed by atoms with Crippen molar-refractivity contribution >= 4 is 5.91 Å². The van der Waals surface area contributed by atoms with Gasteiger partial charge in [-0.25, -0.2) is 0 Å². The Morgan fingerprint density at radius 3 is 2.46 bits per heavy atom. The van der Waals surface area contributed by atoms with Gasteiger partial charge in [-0.3, -0.25) is 9.89 Å². The zero-order chi connectivity index (χ0) is 18.8. The molecule has 26 heavy (non-hydrogen) atoms. The first kappa shape index (κ1) is 17.0. The molecule has 0 unspecified atom stereocenters. The van der Waals surface area contributed by atoms with Gasteiger partial charge in [-0.2, -0.15) is 15.6 Å². The fraction of sp³-hybridized carbons (Fsp3) is 0.158. The zero-order valence-electron chi connectivity index (χ0n) is 14.4. The van der Waals surface area contributed by atoms with E-state index in [0.29, 0.717) is 23.2 Å². The number of carbonyl (C=O) groups excluding carboxylic acids is 1. The Morgan fingerprint density at radius 2 is 1.88 bits per heavy atom. The van der Waals surface area contributed by atoms with E-state index in [-0.39, 0.29) is 5.69 Å². The smallest absolute Gasteiger partial charge is 0.269 e. The quantitative estimate of drug-likeness (QED) is 0.754. The van der Waals surface area contributed by atoms with Gasteiger partial charge in [-0.15, -0.1) is 0 Å². The van der Waals surface area contributed by atoms with Crippen LogP contribution in [0.3, 0.4) is 0 Å². The van der Waals surface area contributed by atoms with Crippen molar-refractivity contribution in [2.75, 3.05) is 0 Å². The van der Waals surface area contributed by atoms with Crippen LogP contribution in [0.25, 0.3) is 11.1 Å². The second-order valence-electron chi connectivity index (χ2n) is 5.93. The molecule has 0 saturated heterocycles. The van der Waals surface area contributed by atoms with E-state index >= 15 is 0 Å². The second-order valence-corrected chi connectivity index (χ2v) is 5.93. The summed E-state index contributed by atoms with van der Waals surface area (Å²) in [5, 5.41) is 25.2. The lowest BCUT2D eigenvalue weighted by Crippen LogP contribution is -2.15. The van der Waals surface area contributed by atoms with Crippen molar-refractivity contribution in [1.29, 1.82) is 10.5 Å². The number of aromatic amines is 1. The minimum absolute atomic E-state index is 0.191.